The number of ether oxygens (including phenoxy) is 1. The van der Waals surface area contributed by atoms with Crippen LogP contribution in [0.2, 0.25) is 0 Å². The van der Waals surface area contributed by atoms with E-state index in [1.165, 1.54) is 405 Å². The molecule has 0 aromatic carbocycles. The molecule has 0 heterocycles. The molecule has 0 fully saturated rings. The normalized spacial score (nSPS) is 12.5. The molecule has 3 N–H and O–H groups in total. The van der Waals surface area contributed by atoms with Gasteiger partial charge in [-0.05, 0) is 57.8 Å². The van der Waals surface area contributed by atoms with Gasteiger partial charge in [0.15, 0.2) is 0 Å². The van der Waals surface area contributed by atoms with Crippen LogP contribution in [0.15, 0.2) is 24.3 Å². The number of aliphatic hydroxyl groups is 2. The number of hydrogen-bond donors (Lipinski definition) is 3. The van der Waals surface area contributed by atoms with Gasteiger partial charge in [0.25, 0.3) is 0 Å². The minimum Gasteiger partial charge on any atom is -0.466 e. The highest BCUT2D eigenvalue weighted by Crippen LogP contribution is 2.20. The van der Waals surface area contributed by atoms with Crippen molar-refractivity contribution in [2.24, 2.45) is 0 Å². The topological polar surface area (TPSA) is 95.9 Å². The summed E-state index contributed by atoms with van der Waals surface area (Å²) in [5.41, 5.74) is 0. The summed E-state index contributed by atoms with van der Waals surface area (Å²) in [5.74, 6) is -0.0408. The number of unbranched alkanes of at least 4 members (excludes halogenated alkanes) is 65. The fraction of sp³-hybridized carbons (Fsp3) is 0.928. The lowest BCUT2D eigenvalue weighted by atomic mass is 10.0. The first-order chi connectivity index (χ1) is 44.0. The average molecular weight is 1250 g/mol. The molecular weight excluding hydrogens is 1090 g/mol. The Morgan fingerprint density at radius 1 is 0.303 bits per heavy atom. The molecule has 0 spiro atoms. The maximum atomic E-state index is 12.6. The standard InChI is InChI=1S/C83H161NO5/c1-3-5-7-9-11-13-15-17-19-21-23-24-25-30-33-36-40-43-47-51-55-59-63-67-71-75-81(86)80(79-85)84-82(87)76-72-68-64-60-56-52-48-44-41-37-34-31-28-26-27-29-32-35-38-42-46-50-54-58-62-66-70-74-78-89-83(88)77-73-69-65-61-57-53-49-45-39-22-20-18-16-14-12-10-8-6-4-2/h26-27,71,75,80-81,85-86H,3-25,28-70,72-74,76-79H2,1-2H3,(H,84,87)/b27-26-,75-71+. The van der Waals surface area contributed by atoms with Crippen LogP contribution in [0, 0.1) is 0 Å². The van der Waals surface area contributed by atoms with E-state index in [1.54, 1.807) is 6.08 Å². The Morgan fingerprint density at radius 3 is 0.798 bits per heavy atom. The predicted octanol–water partition coefficient (Wildman–Crippen LogP) is 27.2. The van der Waals surface area contributed by atoms with Gasteiger partial charge in [0.05, 0.1) is 25.4 Å². The molecule has 0 rings (SSSR count). The first-order valence-electron chi connectivity index (χ1n) is 41.1. The lowest BCUT2D eigenvalue weighted by Gasteiger charge is -2.20. The van der Waals surface area contributed by atoms with Crippen molar-refractivity contribution in [3.05, 3.63) is 24.3 Å². The number of nitrogens with one attached hydrogen (secondary N) is 1. The monoisotopic (exact) mass is 1250 g/mol. The van der Waals surface area contributed by atoms with Crippen molar-refractivity contribution in [2.45, 2.75) is 482 Å². The van der Waals surface area contributed by atoms with Crippen molar-refractivity contribution in [1.82, 2.24) is 5.32 Å². The average Bonchev–Trinajstić information content (AvgIpc) is 3.59. The molecule has 6 nitrogen and oxygen atoms in total. The zero-order chi connectivity index (χ0) is 64.2. The molecule has 0 saturated heterocycles. The summed E-state index contributed by atoms with van der Waals surface area (Å²) >= 11 is 0. The predicted molar refractivity (Wildman–Crippen MR) is 393 cm³/mol. The third-order valence-electron chi connectivity index (χ3n) is 19.5. The van der Waals surface area contributed by atoms with Gasteiger partial charge < -0.3 is 20.3 Å². The van der Waals surface area contributed by atoms with E-state index >= 15 is 0 Å². The van der Waals surface area contributed by atoms with Crippen LogP contribution in [-0.2, 0) is 14.3 Å². The molecule has 0 radical (unpaired) electrons. The van der Waals surface area contributed by atoms with E-state index in [-0.39, 0.29) is 18.5 Å². The van der Waals surface area contributed by atoms with Crippen LogP contribution < -0.4 is 5.32 Å². The summed E-state index contributed by atoms with van der Waals surface area (Å²) in [4.78, 5) is 24.7. The van der Waals surface area contributed by atoms with E-state index < -0.39 is 12.1 Å². The van der Waals surface area contributed by atoms with E-state index in [4.69, 9.17) is 4.74 Å². The third kappa shape index (κ3) is 75.3. The van der Waals surface area contributed by atoms with Gasteiger partial charge in [-0.2, -0.15) is 0 Å². The van der Waals surface area contributed by atoms with Gasteiger partial charge in [0, 0.05) is 12.8 Å². The van der Waals surface area contributed by atoms with Gasteiger partial charge in [-0.25, -0.2) is 0 Å². The fourth-order valence-corrected chi connectivity index (χ4v) is 13.2. The van der Waals surface area contributed by atoms with Gasteiger partial charge in [-0.1, -0.05) is 423 Å². The minimum absolute atomic E-state index is 0.0216. The number of carbonyl (C=O) groups is 2. The van der Waals surface area contributed by atoms with E-state index in [0.717, 1.165) is 38.5 Å². The van der Waals surface area contributed by atoms with Crippen molar-refractivity contribution >= 4 is 11.9 Å². The van der Waals surface area contributed by atoms with Crippen LogP contribution in [0.4, 0.5) is 0 Å². The minimum atomic E-state index is -0.846. The van der Waals surface area contributed by atoms with Crippen LogP contribution in [0.3, 0.4) is 0 Å². The van der Waals surface area contributed by atoms with E-state index in [2.05, 4.69) is 31.3 Å². The molecule has 0 bridgehead atoms. The van der Waals surface area contributed by atoms with Gasteiger partial charge in [0.1, 0.15) is 0 Å². The quantitative estimate of drug-likeness (QED) is 0.0320. The second-order valence-corrected chi connectivity index (χ2v) is 28.5. The number of aliphatic hydroxyl groups excluding tert-OH is 2. The highest BCUT2D eigenvalue weighted by molar-refractivity contribution is 5.76. The number of rotatable bonds is 78. The fourth-order valence-electron chi connectivity index (χ4n) is 13.2. The van der Waals surface area contributed by atoms with Crippen molar-refractivity contribution in [3.8, 4) is 0 Å². The molecule has 2 unspecified atom stereocenters. The third-order valence-corrected chi connectivity index (χ3v) is 19.5. The highest BCUT2D eigenvalue weighted by atomic mass is 16.5. The number of amides is 1. The lowest BCUT2D eigenvalue weighted by molar-refractivity contribution is -0.143. The Kier molecular flexibility index (Phi) is 77.3. The summed E-state index contributed by atoms with van der Waals surface area (Å²) < 4.78 is 5.52. The van der Waals surface area contributed by atoms with Crippen LogP contribution >= 0.6 is 0 Å². The molecule has 0 aliphatic carbocycles. The van der Waals surface area contributed by atoms with Crippen LogP contribution in [0.1, 0.15) is 470 Å². The molecule has 0 saturated carbocycles. The summed E-state index contributed by atoms with van der Waals surface area (Å²) in [7, 11) is 0. The largest absolute Gasteiger partial charge is 0.466 e. The van der Waals surface area contributed by atoms with Gasteiger partial charge in [-0.3, -0.25) is 9.59 Å². The summed E-state index contributed by atoms with van der Waals surface area (Å²) in [6.07, 6.45) is 102. The Bertz CT molecular complexity index is 1400. The maximum Gasteiger partial charge on any atom is 0.305 e. The van der Waals surface area contributed by atoms with Crippen molar-refractivity contribution < 1.29 is 24.5 Å². The van der Waals surface area contributed by atoms with Crippen molar-refractivity contribution in [3.63, 3.8) is 0 Å². The van der Waals surface area contributed by atoms with Gasteiger partial charge in [-0.15, -0.1) is 0 Å². The van der Waals surface area contributed by atoms with Crippen LogP contribution in [0.25, 0.3) is 0 Å². The maximum absolute atomic E-state index is 12.6. The van der Waals surface area contributed by atoms with E-state index in [9.17, 15) is 19.8 Å². The Morgan fingerprint density at radius 2 is 0.528 bits per heavy atom. The molecular formula is C83H161NO5. The first-order valence-corrected chi connectivity index (χ1v) is 41.1. The summed E-state index contributed by atoms with van der Waals surface area (Å²) in [6.45, 7) is 4.97. The molecule has 528 valence electrons. The molecule has 0 aromatic rings. The number of carbonyl (C=O) groups excluding carboxylic acids is 2. The summed E-state index contributed by atoms with van der Waals surface area (Å²) in [5, 5.41) is 23.3. The van der Waals surface area contributed by atoms with Crippen LogP contribution in [0.5, 0.6) is 0 Å². The highest BCUT2D eigenvalue weighted by Gasteiger charge is 2.18. The second-order valence-electron chi connectivity index (χ2n) is 28.5. The van der Waals surface area contributed by atoms with Crippen molar-refractivity contribution in [2.75, 3.05) is 13.2 Å². The molecule has 0 aliphatic heterocycles. The smallest absolute Gasteiger partial charge is 0.305 e. The van der Waals surface area contributed by atoms with Gasteiger partial charge in [0.2, 0.25) is 5.91 Å². The molecule has 6 heteroatoms. The SMILES string of the molecule is CCCCCCCCCCCCCCCCCCCCCCCCC/C=C/C(O)C(CO)NC(=O)CCCCCCCCCCCCCC/C=C\CCCCCCCCCCCCCCOC(=O)CCCCCCCCCCCCCCCCCCCCC. The molecule has 89 heavy (non-hydrogen) atoms. The summed E-state index contributed by atoms with van der Waals surface area (Å²) in [6, 6.07) is -0.629. The molecule has 0 aliphatic rings. The molecule has 2 atom stereocenters. The lowest BCUT2D eigenvalue weighted by Crippen LogP contribution is -2.45. The van der Waals surface area contributed by atoms with Gasteiger partial charge >= 0.3 is 5.97 Å². The molecule has 0 aromatic heterocycles. The zero-order valence-electron chi connectivity index (χ0n) is 60.7. The van der Waals surface area contributed by atoms with E-state index in [1.807, 2.05) is 6.08 Å². The Labute approximate surface area is 558 Å². The number of allylic oxidation sites excluding steroid dienone is 3. The van der Waals surface area contributed by atoms with Crippen LogP contribution in [-0.4, -0.2) is 47.4 Å². The first kappa shape index (κ1) is 87.3. The Hall–Kier alpha value is -1.66. The number of hydrogen-bond acceptors (Lipinski definition) is 5. The van der Waals surface area contributed by atoms with Crippen molar-refractivity contribution in [1.29, 1.82) is 0 Å². The molecule has 1 amide bonds. The number of esters is 1. The van der Waals surface area contributed by atoms with E-state index in [0.29, 0.717) is 19.4 Å². The zero-order valence-corrected chi connectivity index (χ0v) is 60.7. The Balaban J connectivity index is 3.38. The second kappa shape index (κ2) is 78.8.